The number of hydrogen-bond acceptors (Lipinski definition) is 3. The Morgan fingerprint density at radius 3 is 2.04 bits per heavy atom. The summed E-state index contributed by atoms with van der Waals surface area (Å²) in [5, 5.41) is 5.69. The van der Waals surface area contributed by atoms with E-state index in [2.05, 4.69) is 22.5 Å². The van der Waals surface area contributed by atoms with E-state index in [9.17, 15) is 9.59 Å². The van der Waals surface area contributed by atoms with Gasteiger partial charge in [0.15, 0.2) is 0 Å². The molecule has 0 saturated carbocycles. The molecule has 1 aromatic heterocycles. The predicted octanol–water partition coefficient (Wildman–Crippen LogP) is 2.54. The maximum Gasteiger partial charge on any atom is 0.251 e. The summed E-state index contributed by atoms with van der Waals surface area (Å²) in [4.78, 5) is 27.9. The normalized spacial score (nSPS) is 10.1. The fourth-order valence-electron chi connectivity index (χ4n) is 2.04. The lowest BCUT2D eigenvalue weighted by atomic mass is 10.1. The van der Waals surface area contributed by atoms with Crippen LogP contribution in [-0.2, 0) is 6.54 Å². The second kappa shape index (κ2) is 8.68. The molecule has 1 aromatic carbocycles. The number of nitrogens with one attached hydrogen (secondary N) is 2. The van der Waals surface area contributed by atoms with Crippen LogP contribution in [0, 0.1) is 0 Å². The Hall–Kier alpha value is -2.69. The van der Waals surface area contributed by atoms with Gasteiger partial charge in [0.2, 0.25) is 0 Å². The van der Waals surface area contributed by atoms with E-state index in [0.717, 1.165) is 18.4 Å². The van der Waals surface area contributed by atoms with Gasteiger partial charge in [0.05, 0.1) is 0 Å². The van der Waals surface area contributed by atoms with E-state index in [4.69, 9.17) is 0 Å². The zero-order chi connectivity index (χ0) is 16.5. The zero-order valence-electron chi connectivity index (χ0n) is 13.2. The molecule has 2 amide bonds. The molecule has 0 radical (unpaired) electrons. The van der Waals surface area contributed by atoms with Crippen molar-refractivity contribution in [2.75, 3.05) is 6.54 Å². The van der Waals surface area contributed by atoms with Crippen LogP contribution in [-0.4, -0.2) is 23.3 Å². The smallest absolute Gasteiger partial charge is 0.251 e. The van der Waals surface area contributed by atoms with Crippen molar-refractivity contribution in [3.05, 3.63) is 65.5 Å². The molecular formula is C18H21N3O2. The summed E-state index contributed by atoms with van der Waals surface area (Å²) < 4.78 is 0. The molecule has 0 bridgehead atoms. The number of carbonyl (C=O) groups excluding carboxylic acids is 2. The van der Waals surface area contributed by atoms with Crippen LogP contribution in [0.15, 0.2) is 48.8 Å². The third-order valence-corrected chi connectivity index (χ3v) is 3.43. The Morgan fingerprint density at radius 2 is 1.48 bits per heavy atom. The summed E-state index contributed by atoms with van der Waals surface area (Å²) >= 11 is 0. The number of nitrogens with zero attached hydrogens (tertiary/aromatic N) is 1. The Labute approximate surface area is 136 Å². The van der Waals surface area contributed by atoms with E-state index < -0.39 is 0 Å². The average molecular weight is 311 g/mol. The Bertz CT molecular complexity index is 639. The van der Waals surface area contributed by atoms with E-state index in [1.54, 1.807) is 36.7 Å². The molecule has 5 nitrogen and oxygen atoms in total. The maximum absolute atomic E-state index is 12.1. The highest BCUT2D eigenvalue weighted by atomic mass is 16.2. The topological polar surface area (TPSA) is 71.1 Å². The number of amides is 2. The standard InChI is InChI=1S/C18H21N3O2/c1-2-3-10-20-17(22)15-4-6-16(7-5-15)18(23)21-13-14-8-11-19-12-9-14/h4-9,11-12H,2-3,10,13H2,1H3,(H,20,22)(H,21,23). The van der Waals surface area contributed by atoms with Crippen LogP contribution in [0.25, 0.3) is 0 Å². The van der Waals surface area contributed by atoms with E-state index >= 15 is 0 Å². The van der Waals surface area contributed by atoms with E-state index in [1.807, 2.05) is 12.1 Å². The van der Waals surface area contributed by atoms with Gasteiger partial charge in [-0.2, -0.15) is 0 Å². The minimum atomic E-state index is -0.167. The first kappa shape index (κ1) is 16.7. The van der Waals surface area contributed by atoms with Crippen molar-refractivity contribution in [2.24, 2.45) is 0 Å². The van der Waals surface area contributed by atoms with Crippen LogP contribution in [0.3, 0.4) is 0 Å². The molecule has 0 aliphatic carbocycles. The number of rotatable bonds is 7. The SMILES string of the molecule is CCCCNC(=O)c1ccc(C(=O)NCc2ccncc2)cc1. The molecule has 0 unspecified atom stereocenters. The number of unbranched alkanes of at least 4 members (excludes halogenated alkanes) is 1. The predicted molar refractivity (Wildman–Crippen MR) is 89.1 cm³/mol. The van der Waals surface area contributed by atoms with E-state index in [0.29, 0.717) is 24.2 Å². The van der Waals surface area contributed by atoms with Gasteiger partial charge < -0.3 is 10.6 Å². The number of benzene rings is 1. The summed E-state index contributed by atoms with van der Waals surface area (Å²) in [6.45, 7) is 3.19. The highest BCUT2D eigenvalue weighted by molar-refractivity contribution is 5.97. The van der Waals surface area contributed by atoms with Gasteiger partial charge in [-0.25, -0.2) is 0 Å². The molecule has 2 N–H and O–H groups in total. The minimum absolute atomic E-state index is 0.109. The van der Waals surface area contributed by atoms with Gasteiger partial charge in [-0.3, -0.25) is 14.6 Å². The first-order valence-corrected chi connectivity index (χ1v) is 7.76. The van der Waals surface area contributed by atoms with Crippen LogP contribution >= 0.6 is 0 Å². The molecule has 2 aromatic rings. The van der Waals surface area contributed by atoms with Crippen molar-refractivity contribution in [3.63, 3.8) is 0 Å². The van der Waals surface area contributed by atoms with E-state index in [-0.39, 0.29) is 11.8 Å². The van der Waals surface area contributed by atoms with Crippen molar-refractivity contribution in [1.82, 2.24) is 15.6 Å². The third kappa shape index (κ3) is 5.21. The first-order chi connectivity index (χ1) is 11.2. The van der Waals surface area contributed by atoms with Gasteiger partial charge in [-0.05, 0) is 48.4 Å². The monoisotopic (exact) mass is 311 g/mol. The number of hydrogen-bond donors (Lipinski definition) is 2. The largest absolute Gasteiger partial charge is 0.352 e. The molecule has 0 saturated heterocycles. The van der Waals surface area contributed by atoms with Gasteiger partial charge in [0, 0.05) is 36.6 Å². The second-order valence-corrected chi connectivity index (χ2v) is 5.22. The van der Waals surface area contributed by atoms with Crippen LogP contribution in [0.2, 0.25) is 0 Å². The van der Waals surface area contributed by atoms with Crippen molar-refractivity contribution in [3.8, 4) is 0 Å². The lowest BCUT2D eigenvalue weighted by molar-refractivity contribution is 0.0940. The Balaban J connectivity index is 1.88. The van der Waals surface area contributed by atoms with Crippen LogP contribution < -0.4 is 10.6 Å². The van der Waals surface area contributed by atoms with Gasteiger partial charge in [-0.15, -0.1) is 0 Å². The average Bonchev–Trinajstić information content (AvgIpc) is 2.61. The van der Waals surface area contributed by atoms with Gasteiger partial charge >= 0.3 is 0 Å². The fourth-order valence-corrected chi connectivity index (χ4v) is 2.04. The van der Waals surface area contributed by atoms with Gasteiger partial charge in [0.1, 0.15) is 0 Å². The molecule has 0 spiro atoms. The van der Waals surface area contributed by atoms with Gasteiger partial charge in [-0.1, -0.05) is 13.3 Å². The fraction of sp³-hybridized carbons (Fsp3) is 0.278. The van der Waals surface area contributed by atoms with Gasteiger partial charge in [0.25, 0.3) is 11.8 Å². The second-order valence-electron chi connectivity index (χ2n) is 5.22. The maximum atomic E-state index is 12.1. The van der Waals surface area contributed by atoms with Crippen LogP contribution in [0.4, 0.5) is 0 Å². The number of carbonyl (C=O) groups is 2. The molecule has 0 fully saturated rings. The lowest BCUT2D eigenvalue weighted by Gasteiger charge is -2.07. The van der Waals surface area contributed by atoms with Crippen molar-refractivity contribution in [1.29, 1.82) is 0 Å². The third-order valence-electron chi connectivity index (χ3n) is 3.43. The van der Waals surface area contributed by atoms with Crippen molar-refractivity contribution < 1.29 is 9.59 Å². The quantitative estimate of drug-likeness (QED) is 0.772. The molecule has 0 aliphatic rings. The Morgan fingerprint density at radius 1 is 0.913 bits per heavy atom. The Kier molecular flexibility index (Phi) is 6.29. The minimum Gasteiger partial charge on any atom is -0.352 e. The summed E-state index contributed by atoms with van der Waals surface area (Å²) in [6.07, 6.45) is 5.37. The van der Waals surface area contributed by atoms with Crippen molar-refractivity contribution in [2.45, 2.75) is 26.3 Å². The molecule has 5 heteroatoms. The lowest BCUT2D eigenvalue weighted by Crippen LogP contribution is -2.25. The highest BCUT2D eigenvalue weighted by Crippen LogP contribution is 2.05. The summed E-state index contributed by atoms with van der Waals surface area (Å²) in [5.41, 5.74) is 2.08. The molecule has 1 heterocycles. The molecule has 120 valence electrons. The highest BCUT2D eigenvalue weighted by Gasteiger charge is 2.08. The molecular weight excluding hydrogens is 290 g/mol. The van der Waals surface area contributed by atoms with E-state index in [1.165, 1.54) is 0 Å². The summed E-state index contributed by atoms with van der Waals surface area (Å²) in [6, 6.07) is 10.4. The molecule has 23 heavy (non-hydrogen) atoms. The summed E-state index contributed by atoms with van der Waals surface area (Å²) in [5.74, 6) is -0.276. The van der Waals surface area contributed by atoms with Crippen LogP contribution in [0.5, 0.6) is 0 Å². The zero-order valence-corrected chi connectivity index (χ0v) is 13.2. The summed E-state index contributed by atoms with van der Waals surface area (Å²) in [7, 11) is 0. The first-order valence-electron chi connectivity index (χ1n) is 7.76. The number of pyridine rings is 1. The molecule has 2 rings (SSSR count). The van der Waals surface area contributed by atoms with Crippen molar-refractivity contribution >= 4 is 11.8 Å². The molecule has 0 aliphatic heterocycles. The number of aromatic nitrogens is 1. The molecule has 0 atom stereocenters. The van der Waals surface area contributed by atoms with Crippen LogP contribution in [0.1, 0.15) is 46.0 Å².